The summed E-state index contributed by atoms with van der Waals surface area (Å²) >= 11 is 0. The first-order chi connectivity index (χ1) is 18.2. The van der Waals surface area contributed by atoms with E-state index in [1.54, 1.807) is 0 Å². The summed E-state index contributed by atoms with van der Waals surface area (Å²) in [5.41, 5.74) is 4.04. The number of ketones is 2. The summed E-state index contributed by atoms with van der Waals surface area (Å²) in [6, 6.07) is 31.4. The highest BCUT2D eigenvalue weighted by Crippen LogP contribution is 2.63. The van der Waals surface area contributed by atoms with Gasteiger partial charge in [-0.25, -0.2) is 0 Å². The second kappa shape index (κ2) is 12.1. The van der Waals surface area contributed by atoms with Gasteiger partial charge in [0.25, 0.3) is 0 Å². The van der Waals surface area contributed by atoms with Crippen LogP contribution in [0.4, 0.5) is 0 Å². The second-order valence-corrected chi connectivity index (χ2v) is 12.1. The van der Waals surface area contributed by atoms with Gasteiger partial charge in [0, 0.05) is 24.2 Å². The fraction of sp³-hybridized carbons (Fsp3) is 0.176. The Balaban J connectivity index is 1.61. The zero-order chi connectivity index (χ0) is 25.5. The predicted molar refractivity (Wildman–Crippen MR) is 154 cm³/mol. The van der Waals surface area contributed by atoms with Crippen LogP contribution < -0.4 is 5.30 Å². The van der Waals surface area contributed by atoms with Crippen LogP contribution in [0.25, 0.3) is 0 Å². The fourth-order valence-corrected chi connectivity index (χ4v) is 8.58. The van der Waals surface area contributed by atoms with E-state index in [4.69, 9.17) is 0 Å². The molecule has 0 bridgehead atoms. The molecule has 0 spiro atoms. The van der Waals surface area contributed by atoms with E-state index in [1.165, 1.54) is 5.30 Å². The Hall–Kier alpha value is -3.61. The number of hydrogen-bond donors (Lipinski definition) is 0. The lowest BCUT2D eigenvalue weighted by molar-refractivity contribution is -0.116. The molecule has 3 aromatic carbocycles. The van der Waals surface area contributed by atoms with E-state index in [1.807, 2.05) is 54.7 Å². The Bertz CT molecular complexity index is 1260. The Morgan fingerprint density at radius 1 is 0.595 bits per heavy atom. The van der Waals surface area contributed by atoms with Crippen LogP contribution in [0, 0.1) is 0 Å². The number of Topliss-reactive ketones (excluding diaryl/α,β-unsaturated/α-hetero) is 2. The molecule has 0 radical (unpaired) electrons. The third-order valence-corrected chi connectivity index (χ3v) is 10.3. The quantitative estimate of drug-likeness (QED) is 0.249. The van der Waals surface area contributed by atoms with Gasteiger partial charge in [-0.3, -0.25) is 9.59 Å². The normalized spacial score (nSPS) is 16.6. The second-order valence-electron chi connectivity index (χ2n) is 9.50. The van der Waals surface area contributed by atoms with Crippen LogP contribution in [-0.4, -0.2) is 11.6 Å². The van der Waals surface area contributed by atoms with Crippen molar-refractivity contribution in [2.45, 2.75) is 37.0 Å². The number of benzene rings is 3. The summed E-state index contributed by atoms with van der Waals surface area (Å²) in [5.74, 6) is 0.395. The van der Waals surface area contributed by atoms with Crippen LogP contribution in [0.5, 0.6) is 0 Å². The van der Waals surface area contributed by atoms with Gasteiger partial charge in [-0.15, -0.1) is 0 Å². The number of hydrogen-bond acceptors (Lipinski definition) is 2. The Labute approximate surface area is 220 Å². The lowest BCUT2D eigenvalue weighted by Gasteiger charge is -2.35. The standard InChI is InChI=1S/C34H31O2P/c35-31(26-14-10-11-15-26)24-33(28-18-4-1-5-19-28)37(30-22-8-3-9-23-30)34(29-20-6-2-7-21-29)25-32(36)27-16-12-13-17-27/h1-14,16,18-23,33-34H,15,17,24-25H2. The lowest BCUT2D eigenvalue weighted by atomic mass is 10.0. The molecule has 0 N–H and O–H groups in total. The van der Waals surface area contributed by atoms with Gasteiger partial charge in [0.05, 0.1) is 0 Å². The highest BCUT2D eigenvalue weighted by Gasteiger charge is 2.36. The predicted octanol–water partition coefficient (Wildman–Crippen LogP) is 7.97. The molecule has 2 aliphatic carbocycles. The summed E-state index contributed by atoms with van der Waals surface area (Å²) in [5, 5.41) is 1.22. The van der Waals surface area contributed by atoms with Gasteiger partial charge >= 0.3 is 0 Å². The molecule has 184 valence electrons. The van der Waals surface area contributed by atoms with E-state index in [2.05, 4.69) is 72.8 Å². The van der Waals surface area contributed by atoms with Crippen molar-refractivity contribution in [2.75, 3.05) is 0 Å². The van der Waals surface area contributed by atoms with Gasteiger partial charge in [-0.05, 0) is 40.4 Å². The van der Waals surface area contributed by atoms with Crippen molar-refractivity contribution in [3.63, 3.8) is 0 Å². The SMILES string of the molecule is O=C(CC(c1ccccc1)P(c1ccccc1)C(CC(=O)C1=CC=CC1)c1ccccc1)C1=CC=CC1. The molecule has 0 saturated carbocycles. The van der Waals surface area contributed by atoms with E-state index in [0.717, 1.165) is 22.3 Å². The summed E-state index contributed by atoms with van der Waals surface area (Å²) < 4.78 is 0. The molecule has 0 heterocycles. The van der Waals surface area contributed by atoms with E-state index in [0.29, 0.717) is 25.7 Å². The van der Waals surface area contributed by atoms with Crippen LogP contribution >= 0.6 is 7.92 Å². The van der Waals surface area contributed by atoms with Gasteiger partial charge in [0.15, 0.2) is 11.6 Å². The molecular weight excluding hydrogens is 471 g/mol. The monoisotopic (exact) mass is 502 g/mol. The molecule has 37 heavy (non-hydrogen) atoms. The van der Waals surface area contributed by atoms with Crippen LogP contribution in [0.15, 0.2) is 139 Å². The van der Waals surface area contributed by atoms with Crippen molar-refractivity contribution >= 4 is 24.8 Å². The van der Waals surface area contributed by atoms with Crippen LogP contribution in [0.2, 0.25) is 0 Å². The Kier molecular flexibility index (Phi) is 8.18. The molecular formula is C34H31O2P. The highest BCUT2D eigenvalue weighted by atomic mass is 31.1. The summed E-state index contributed by atoms with van der Waals surface area (Å²) in [7, 11) is -0.966. The molecule has 2 atom stereocenters. The van der Waals surface area contributed by atoms with Gasteiger partial charge in [-0.2, -0.15) is 0 Å². The molecule has 0 saturated heterocycles. The van der Waals surface area contributed by atoms with Crippen molar-refractivity contribution < 1.29 is 9.59 Å². The minimum Gasteiger partial charge on any atom is -0.295 e. The van der Waals surface area contributed by atoms with Crippen molar-refractivity contribution in [2.24, 2.45) is 0 Å². The smallest absolute Gasteiger partial charge is 0.160 e. The zero-order valence-corrected chi connectivity index (χ0v) is 21.8. The number of rotatable bonds is 11. The van der Waals surface area contributed by atoms with Crippen LogP contribution in [0.1, 0.15) is 48.1 Å². The molecule has 3 heteroatoms. The molecule has 0 fully saturated rings. The molecule has 2 nitrogen and oxygen atoms in total. The highest BCUT2D eigenvalue weighted by molar-refractivity contribution is 7.66. The molecule has 2 aliphatic rings. The van der Waals surface area contributed by atoms with Crippen LogP contribution in [-0.2, 0) is 9.59 Å². The van der Waals surface area contributed by atoms with E-state index in [9.17, 15) is 9.59 Å². The molecule has 5 rings (SSSR count). The van der Waals surface area contributed by atoms with Crippen molar-refractivity contribution in [1.29, 1.82) is 0 Å². The first-order valence-corrected chi connectivity index (χ1v) is 14.4. The van der Waals surface area contributed by atoms with Gasteiger partial charge in [0.1, 0.15) is 0 Å². The maximum atomic E-state index is 13.6. The summed E-state index contributed by atoms with van der Waals surface area (Å²) in [6.07, 6.45) is 14.2. The maximum absolute atomic E-state index is 13.6. The minimum absolute atomic E-state index is 0.0127. The van der Waals surface area contributed by atoms with E-state index in [-0.39, 0.29) is 22.9 Å². The van der Waals surface area contributed by atoms with Crippen molar-refractivity contribution in [1.82, 2.24) is 0 Å². The maximum Gasteiger partial charge on any atom is 0.160 e. The van der Waals surface area contributed by atoms with Crippen LogP contribution in [0.3, 0.4) is 0 Å². The third kappa shape index (κ3) is 6.04. The van der Waals surface area contributed by atoms with E-state index >= 15 is 0 Å². The average Bonchev–Trinajstić information content (AvgIpc) is 3.69. The minimum atomic E-state index is -0.966. The van der Waals surface area contributed by atoms with Crippen molar-refractivity contribution in [3.05, 3.63) is 150 Å². The molecule has 3 aromatic rings. The first-order valence-electron chi connectivity index (χ1n) is 12.9. The average molecular weight is 503 g/mol. The lowest BCUT2D eigenvalue weighted by Crippen LogP contribution is -2.19. The topological polar surface area (TPSA) is 34.1 Å². The molecule has 0 amide bonds. The molecule has 0 aliphatic heterocycles. The number of allylic oxidation sites excluding steroid dienone is 8. The van der Waals surface area contributed by atoms with Gasteiger partial charge < -0.3 is 0 Å². The zero-order valence-electron chi connectivity index (χ0n) is 20.9. The Morgan fingerprint density at radius 2 is 1.00 bits per heavy atom. The first kappa shape index (κ1) is 25.1. The fourth-order valence-electron chi connectivity index (χ4n) is 5.20. The summed E-state index contributed by atoms with van der Waals surface area (Å²) in [6.45, 7) is 0. The van der Waals surface area contributed by atoms with Crippen molar-refractivity contribution in [3.8, 4) is 0 Å². The van der Waals surface area contributed by atoms with E-state index < -0.39 is 7.92 Å². The number of carbonyl (C=O) groups is 2. The largest absolute Gasteiger partial charge is 0.295 e. The van der Waals surface area contributed by atoms with Gasteiger partial charge in [-0.1, -0.05) is 135 Å². The number of carbonyl (C=O) groups excluding carboxylic acids is 2. The molecule has 0 aromatic heterocycles. The summed E-state index contributed by atoms with van der Waals surface area (Å²) in [4.78, 5) is 27.1. The third-order valence-electron chi connectivity index (χ3n) is 7.11. The Morgan fingerprint density at radius 3 is 1.38 bits per heavy atom. The molecule has 2 unspecified atom stereocenters. The van der Waals surface area contributed by atoms with Gasteiger partial charge in [0.2, 0.25) is 0 Å².